The van der Waals surface area contributed by atoms with Crippen molar-refractivity contribution in [2.45, 2.75) is 25.0 Å². The molecule has 0 radical (unpaired) electrons. The SMILES string of the molecule is O=C(O)[C@@H]1C[C@@H](OS(=O)(=O)O)CCN1. The smallest absolute Gasteiger partial charge is 0.397 e. The second-order valence-electron chi connectivity index (χ2n) is 3.02. The fourth-order valence-electron chi connectivity index (χ4n) is 1.33. The van der Waals surface area contributed by atoms with E-state index in [9.17, 15) is 13.2 Å². The molecule has 1 saturated heterocycles. The molecule has 7 nitrogen and oxygen atoms in total. The minimum Gasteiger partial charge on any atom is -0.480 e. The Morgan fingerprint density at radius 2 is 2.14 bits per heavy atom. The quantitative estimate of drug-likeness (QED) is 0.528. The first kappa shape index (κ1) is 11.4. The van der Waals surface area contributed by atoms with Crippen LogP contribution in [0.5, 0.6) is 0 Å². The summed E-state index contributed by atoms with van der Waals surface area (Å²) in [5.74, 6) is -1.06. The Hall–Kier alpha value is -0.700. The van der Waals surface area contributed by atoms with Crippen molar-refractivity contribution in [3.8, 4) is 0 Å². The number of aliphatic carboxylic acids is 1. The molecule has 1 fully saturated rings. The van der Waals surface area contributed by atoms with Crippen LogP contribution in [-0.2, 0) is 19.4 Å². The first-order valence-corrected chi connectivity index (χ1v) is 5.37. The number of hydrogen-bond acceptors (Lipinski definition) is 5. The van der Waals surface area contributed by atoms with Crippen molar-refractivity contribution >= 4 is 16.4 Å². The Morgan fingerprint density at radius 1 is 1.50 bits per heavy atom. The lowest BCUT2D eigenvalue weighted by atomic mass is 10.0. The summed E-state index contributed by atoms with van der Waals surface area (Å²) in [6, 6.07) is -0.824. The van der Waals surface area contributed by atoms with Crippen molar-refractivity contribution in [1.82, 2.24) is 5.32 Å². The van der Waals surface area contributed by atoms with E-state index in [1.807, 2.05) is 0 Å². The zero-order valence-electron chi connectivity index (χ0n) is 7.21. The van der Waals surface area contributed by atoms with Gasteiger partial charge in [0, 0.05) is 6.42 Å². The van der Waals surface area contributed by atoms with Gasteiger partial charge >= 0.3 is 16.4 Å². The molecule has 0 aromatic heterocycles. The number of rotatable bonds is 3. The lowest BCUT2D eigenvalue weighted by Gasteiger charge is -2.26. The summed E-state index contributed by atoms with van der Waals surface area (Å²) in [6.07, 6.45) is -0.397. The number of piperidine rings is 1. The van der Waals surface area contributed by atoms with Crippen LogP contribution in [0.1, 0.15) is 12.8 Å². The minimum atomic E-state index is -4.49. The maximum Gasteiger partial charge on any atom is 0.397 e. The summed E-state index contributed by atoms with van der Waals surface area (Å²) in [6.45, 7) is 0.344. The zero-order chi connectivity index (χ0) is 10.8. The molecule has 0 unspecified atom stereocenters. The molecule has 0 saturated carbocycles. The highest BCUT2D eigenvalue weighted by molar-refractivity contribution is 7.80. The van der Waals surface area contributed by atoms with Crippen LogP contribution in [0.2, 0.25) is 0 Å². The predicted octanol–water partition coefficient (Wildman–Crippen LogP) is -0.989. The summed E-state index contributed by atoms with van der Waals surface area (Å²) in [5.41, 5.74) is 0. The maximum atomic E-state index is 10.5. The molecule has 1 heterocycles. The Kier molecular flexibility index (Phi) is 3.43. The first-order valence-electron chi connectivity index (χ1n) is 4.00. The van der Waals surface area contributed by atoms with Crippen LogP contribution in [0.25, 0.3) is 0 Å². The van der Waals surface area contributed by atoms with E-state index in [0.717, 1.165) is 0 Å². The number of nitrogens with one attached hydrogen (secondary N) is 1. The van der Waals surface area contributed by atoms with Crippen LogP contribution in [0, 0.1) is 0 Å². The van der Waals surface area contributed by atoms with E-state index in [1.165, 1.54) is 0 Å². The largest absolute Gasteiger partial charge is 0.480 e. The number of carboxylic acid groups (broad SMARTS) is 1. The van der Waals surface area contributed by atoms with E-state index in [2.05, 4.69) is 9.50 Å². The van der Waals surface area contributed by atoms with Gasteiger partial charge in [0.15, 0.2) is 0 Å². The number of hydrogen-bond donors (Lipinski definition) is 3. The van der Waals surface area contributed by atoms with Gasteiger partial charge < -0.3 is 10.4 Å². The van der Waals surface area contributed by atoms with Gasteiger partial charge in [-0.25, -0.2) is 4.18 Å². The normalized spacial score (nSPS) is 28.6. The van der Waals surface area contributed by atoms with Crippen LogP contribution in [0.4, 0.5) is 0 Å². The van der Waals surface area contributed by atoms with Gasteiger partial charge in [0.2, 0.25) is 0 Å². The Balaban J connectivity index is 2.52. The fraction of sp³-hybridized carbons (Fsp3) is 0.833. The van der Waals surface area contributed by atoms with Gasteiger partial charge in [-0.3, -0.25) is 9.35 Å². The Labute approximate surface area is 81.0 Å². The summed E-state index contributed by atoms with van der Waals surface area (Å²) in [5, 5.41) is 11.3. The van der Waals surface area contributed by atoms with Gasteiger partial charge in [0.05, 0.1) is 6.10 Å². The molecule has 0 amide bonds. The first-order chi connectivity index (χ1) is 6.38. The van der Waals surface area contributed by atoms with Crippen LogP contribution in [0.15, 0.2) is 0 Å². The summed E-state index contributed by atoms with van der Waals surface area (Å²) in [7, 11) is -4.49. The second kappa shape index (κ2) is 4.22. The molecule has 3 N–H and O–H groups in total. The van der Waals surface area contributed by atoms with E-state index in [1.54, 1.807) is 0 Å². The number of carbonyl (C=O) groups is 1. The second-order valence-corrected chi connectivity index (χ2v) is 4.06. The van der Waals surface area contributed by atoms with Crippen molar-refractivity contribution in [2.75, 3.05) is 6.54 Å². The molecular weight excluding hydrogens is 214 g/mol. The highest BCUT2D eigenvalue weighted by atomic mass is 32.3. The minimum absolute atomic E-state index is 0.0229. The van der Waals surface area contributed by atoms with Crippen molar-refractivity contribution in [3.63, 3.8) is 0 Å². The molecule has 0 bridgehead atoms. The average Bonchev–Trinajstić information content (AvgIpc) is 2.01. The predicted molar refractivity (Wildman–Crippen MR) is 45.1 cm³/mol. The van der Waals surface area contributed by atoms with Gasteiger partial charge in [-0.05, 0) is 13.0 Å². The van der Waals surface area contributed by atoms with Gasteiger partial charge in [0.25, 0.3) is 0 Å². The van der Waals surface area contributed by atoms with Crippen molar-refractivity contribution in [1.29, 1.82) is 0 Å². The van der Waals surface area contributed by atoms with Gasteiger partial charge in [-0.2, -0.15) is 8.42 Å². The van der Waals surface area contributed by atoms with Crippen LogP contribution < -0.4 is 5.32 Å². The van der Waals surface area contributed by atoms with E-state index in [4.69, 9.17) is 9.66 Å². The maximum absolute atomic E-state index is 10.5. The summed E-state index contributed by atoms with van der Waals surface area (Å²) >= 11 is 0. The topological polar surface area (TPSA) is 113 Å². The molecule has 0 aliphatic carbocycles. The molecular formula is C6H11NO6S. The van der Waals surface area contributed by atoms with Crippen LogP contribution >= 0.6 is 0 Å². The van der Waals surface area contributed by atoms with Crippen molar-refractivity contribution < 1.29 is 27.1 Å². The average molecular weight is 225 g/mol. The van der Waals surface area contributed by atoms with Gasteiger partial charge in [0.1, 0.15) is 6.04 Å². The standard InChI is InChI=1S/C6H11NO6S/c8-6(9)5-3-4(1-2-7-5)13-14(10,11)12/h4-5,7H,1-3H2,(H,8,9)(H,10,11,12)/t4-,5-/m0/s1. The molecule has 1 aliphatic rings. The van der Waals surface area contributed by atoms with Crippen LogP contribution in [-0.4, -0.2) is 42.7 Å². The van der Waals surface area contributed by atoms with Crippen molar-refractivity contribution in [2.24, 2.45) is 0 Å². The summed E-state index contributed by atoms with van der Waals surface area (Å²) < 4.78 is 33.3. The third kappa shape index (κ3) is 3.58. The van der Waals surface area contributed by atoms with E-state index < -0.39 is 28.5 Å². The molecule has 0 aromatic carbocycles. The Bertz CT molecular complexity index is 312. The van der Waals surface area contributed by atoms with Crippen LogP contribution in [0.3, 0.4) is 0 Å². The zero-order valence-corrected chi connectivity index (χ0v) is 8.03. The lowest BCUT2D eigenvalue weighted by Crippen LogP contribution is -2.46. The van der Waals surface area contributed by atoms with E-state index in [-0.39, 0.29) is 6.42 Å². The molecule has 0 spiro atoms. The van der Waals surface area contributed by atoms with E-state index in [0.29, 0.717) is 13.0 Å². The number of carboxylic acids is 1. The molecule has 1 rings (SSSR count). The monoisotopic (exact) mass is 225 g/mol. The molecule has 0 aromatic rings. The molecule has 2 atom stereocenters. The summed E-state index contributed by atoms with van der Waals surface area (Å²) in [4.78, 5) is 10.5. The third-order valence-electron chi connectivity index (χ3n) is 1.91. The van der Waals surface area contributed by atoms with E-state index >= 15 is 0 Å². The Morgan fingerprint density at radius 3 is 2.64 bits per heavy atom. The molecule has 82 valence electrons. The lowest BCUT2D eigenvalue weighted by molar-refractivity contribution is -0.140. The van der Waals surface area contributed by atoms with Crippen molar-refractivity contribution in [3.05, 3.63) is 0 Å². The molecule has 14 heavy (non-hydrogen) atoms. The van der Waals surface area contributed by atoms with Gasteiger partial charge in [-0.15, -0.1) is 0 Å². The van der Waals surface area contributed by atoms with Gasteiger partial charge in [-0.1, -0.05) is 0 Å². The highest BCUT2D eigenvalue weighted by Crippen LogP contribution is 2.14. The third-order valence-corrected chi connectivity index (χ3v) is 2.43. The fourth-order valence-corrected chi connectivity index (χ4v) is 1.85. The highest BCUT2D eigenvalue weighted by Gasteiger charge is 2.29. The molecule has 1 aliphatic heterocycles. The molecule has 8 heteroatoms.